The molecule has 1 heterocycles. The number of anilines is 1. The number of rotatable bonds is 3. The molecule has 1 aromatic heterocycles. The summed E-state index contributed by atoms with van der Waals surface area (Å²) in [6.07, 6.45) is 1.88. The van der Waals surface area contributed by atoms with Crippen LogP contribution in [0.2, 0.25) is 0 Å². The van der Waals surface area contributed by atoms with Gasteiger partial charge in [0, 0.05) is 23.8 Å². The molecule has 0 saturated carbocycles. The van der Waals surface area contributed by atoms with Crippen LogP contribution in [0, 0.1) is 11.3 Å². The fraction of sp³-hybridized carbons (Fsp3) is 0.167. The van der Waals surface area contributed by atoms with Gasteiger partial charge in [-0.2, -0.15) is 5.26 Å². The third-order valence-electron chi connectivity index (χ3n) is 2.31. The Bertz CT molecular complexity index is 482. The van der Waals surface area contributed by atoms with Gasteiger partial charge in [-0.1, -0.05) is 0 Å². The normalized spacial score (nSPS) is 9.75. The third kappa shape index (κ3) is 2.38. The zero-order chi connectivity index (χ0) is 11.4. The van der Waals surface area contributed by atoms with Crippen molar-refractivity contribution in [2.24, 2.45) is 0 Å². The predicted octanol–water partition coefficient (Wildman–Crippen LogP) is 2.65. The lowest BCUT2D eigenvalue weighted by Crippen LogP contribution is -2.15. The summed E-state index contributed by atoms with van der Waals surface area (Å²) in [6.45, 7) is 0.844. The van der Waals surface area contributed by atoms with Crippen molar-refractivity contribution in [3.63, 3.8) is 0 Å². The molecule has 0 bridgehead atoms. The van der Waals surface area contributed by atoms with Crippen molar-refractivity contribution < 1.29 is 0 Å². The van der Waals surface area contributed by atoms with Gasteiger partial charge in [0.2, 0.25) is 0 Å². The van der Waals surface area contributed by atoms with Gasteiger partial charge in [-0.05, 0) is 24.3 Å². The summed E-state index contributed by atoms with van der Waals surface area (Å²) in [5, 5.41) is 8.70. The molecule has 0 aliphatic heterocycles. The number of thiazole rings is 1. The monoisotopic (exact) mass is 229 g/mol. The molecular weight excluding hydrogens is 218 g/mol. The third-order valence-corrected chi connectivity index (χ3v) is 3.08. The van der Waals surface area contributed by atoms with Crippen molar-refractivity contribution in [2.45, 2.75) is 6.54 Å². The molecule has 4 heteroatoms. The summed E-state index contributed by atoms with van der Waals surface area (Å²) < 4.78 is 0. The molecule has 0 aliphatic carbocycles. The lowest BCUT2D eigenvalue weighted by Gasteiger charge is -2.17. The highest BCUT2D eigenvalue weighted by atomic mass is 32.1. The molecule has 2 rings (SSSR count). The van der Waals surface area contributed by atoms with Gasteiger partial charge in [-0.15, -0.1) is 11.3 Å². The molecule has 3 nitrogen and oxygen atoms in total. The topological polar surface area (TPSA) is 39.9 Å². The Labute approximate surface area is 98.6 Å². The number of aromatic nitrogens is 1. The van der Waals surface area contributed by atoms with Crippen LogP contribution in [0.25, 0.3) is 0 Å². The van der Waals surface area contributed by atoms with Crippen molar-refractivity contribution in [3.05, 3.63) is 46.4 Å². The molecule has 16 heavy (non-hydrogen) atoms. The first-order chi connectivity index (χ1) is 7.79. The number of nitriles is 1. The Morgan fingerprint density at radius 1 is 1.38 bits per heavy atom. The van der Waals surface area contributed by atoms with Crippen LogP contribution in [-0.4, -0.2) is 12.0 Å². The van der Waals surface area contributed by atoms with E-state index < -0.39 is 0 Å². The highest BCUT2D eigenvalue weighted by Gasteiger charge is 2.03. The lowest BCUT2D eigenvalue weighted by atomic mass is 10.2. The van der Waals surface area contributed by atoms with Crippen LogP contribution in [-0.2, 0) is 6.54 Å². The highest BCUT2D eigenvalue weighted by Crippen LogP contribution is 2.17. The number of hydrogen-bond acceptors (Lipinski definition) is 4. The molecule has 0 aliphatic rings. The largest absolute Gasteiger partial charge is 0.369 e. The molecule has 0 N–H and O–H groups in total. The Balaban J connectivity index is 2.09. The van der Waals surface area contributed by atoms with E-state index in [0.717, 1.165) is 12.2 Å². The fourth-order valence-corrected chi connectivity index (χ4v) is 2.08. The van der Waals surface area contributed by atoms with E-state index in [9.17, 15) is 0 Å². The Kier molecular flexibility index (Phi) is 3.18. The first-order valence-corrected chi connectivity index (χ1v) is 5.76. The van der Waals surface area contributed by atoms with Crippen LogP contribution < -0.4 is 4.90 Å². The Morgan fingerprint density at radius 3 is 2.69 bits per heavy atom. The SMILES string of the molecule is CN(Cc1cncs1)c1ccc(C#N)cc1. The van der Waals surface area contributed by atoms with Crippen LogP contribution in [0.3, 0.4) is 0 Å². The maximum absolute atomic E-state index is 8.70. The van der Waals surface area contributed by atoms with Gasteiger partial charge in [0.15, 0.2) is 0 Å². The smallest absolute Gasteiger partial charge is 0.0991 e. The molecule has 2 aromatic rings. The van der Waals surface area contributed by atoms with Gasteiger partial charge in [-0.3, -0.25) is 4.98 Å². The summed E-state index contributed by atoms with van der Waals surface area (Å²) in [5.41, 5.74) is 3.63. The summed E-state index contributed by atoms with van der Waals surface area (Å²) in [6, 6.07) is 9.69. The van der Waals surface area contributed by atoms with Crippen molar-refractivity contribution in [1.82, 2.24) is 4.98 Å². The first kappa shape index (κ1) is 10.7. The molecule has 1 aromatic carbocycles. The van der Waals surface area contributed by atoms with E-state index in [-0.39, 0.29) is 0 Å². The summed E-state index contributed by atoms with van der Waals surface area (Å²) in [4.78, 5) is 7.41. The second-order valence-corrected chi connectivity index (χ2v) is 4.45. The van der Waals surface area contributed by atoms with Crippen LogP contribution in [0.4, 0.5) is 5.69 Å². The molecule has 0 spiro atoms. The molecule has 0 amide bonds. The minimum Gasteiger partial charge on any atom is -0.369 e. The molecule has 0 fully saturated rings. The van der Waals surface area contributed by atoms with E-state index in [4.69, 9.17) is 5.26 Å². The van der Waals surface area contributed by atoms with E-state index in [1.165, 1.54) is 4.88 Å². The first-order valence-electron chi connectivity index (χ1n) is 4.88. The van der Waals surface area contributed by atoms with Crippen LogP contribution in [0.5, 0.6) is 0 Å². The van der Waals surface area contributed by atoms with Crippen LogP contribution in [0.15, 0.2) is 36.0 Å². The van der Waals surface area contributed by atoms with E-state index in [2.05, 4.69) is 16.0 Å². The maximum Gasteiger partial charge on any atom is 0.0991 e. The van der Waals surface area contributed by atoms with Gasteiger partial charge in [0.05, 0.1) is 23.7 Å². The van der Waals surface area contributed by atoms with Gasteiger partial charge < -0.3 is 4.90 Å². The van der Waals surface area contributed by atoms with Crippen LogP contribution in [0.1, 0.15) is 10.4 Å². The average Bonchev–Trinajstić information content (AvgIpc) is 2.82. The highest BCUT2D eigenvalue weighted by molar-refractivity contribution is 7.09. The minimum absolute atomic E-state index is 0.690. The molecule has 0 atom stereocenters. The standard InChI is InChI=1S/C12H11N3S/c1-15(8-12-7-14-9-16-12)11-4-2-10(6-13)3-5-11/h2-5,7,9H,8H2,1H3. The fourth-order valence-electron chi connectivity index (χ4n) is 1.44. The van der Waals surface area contributed by atoms with E-state index in [1.807, 2.05) is 43.0 Å². The predicted molar refractivity (Wildman–Crippen MR) is 65.4 cm³/mol. The summed E-state index contributed by atoms with van der Waals surface area (Å²) in [5.74, 6) is 0. The number of hydrogen-bond donors (Lipinski definition) is 0. The molecule has 80 valence electrons. The number of benzene rings is 1. The lowest BCUT2D eigenvalue weighted by molar-refractivity contribution is 0.937. The van der Waals surface area contributed by atoms with Gasteiger partial charge in [0.1, 0.15) is 0 Å². The quantitative estimate of drug-likeness (QED) is 0.812. The molecule has 0 unspecified atom stereocenters. The Morgan fingerprint density at radius 2 is 2.12 bits per heavy atom. The van der Waals surface area contributed by atoms with Crippen molar-refractivity contribution in [3.8, 4) is 6.07 Å². The zero-order valence-electron chi connectivity index (χ0n) is 8.92. The average molecular weight is 229 g/mol. The molecule has 0 radical (unpaired) electrons. The van der Waals surface area contributed by atoms with E-state index in [0.29, 0.717) is 5.56 Å². The van der Waals surface area contributed by atoms with E-state index in [1.54, 1.807) is 11.3 Å². The van der Waals surface area contributed by atoms with Crippen molar-refractivity contribution in [1.29, 1.82) is 5.26 Å². The van der Waals surface area contributed by atoms with Crippen molar-refractivity contribution >= 4 is 17.0 Å². The zero-order valence-corrected chi connectivity index (χ0v) is 9.74. The Hall–Kier alpha value is -1.86. The van der Waals surface area contributed by atoms with Gasteiger partial charge in [-0.25, -0.2) is 0 Å². The minimum atomic E-state index is 0.690. The summed E-state index contributed by atoms with van der Waals surface area (Å²) in [7, 11) is 2.03. The van der Waals surface area contributed by atoms with E-state index >= 15 is 0 Å². The second kappa shape index (κ2) is 4.77. The van der Waals surface area contributed by atoms with Crippen LogP contribution >= 0.6 is 11.3 Å². The van der Waals surface area contributed by atoms with Gasteiger partial charge >= 0.3 is 0 Å². The van der Waals surface area contributed by atoms with Crippen molar-refractivity contribution in [2.75, 3.05) is 11.9 Å². The molecular formula is C12H11N3S. The maximum atomic E-state index is 8.70. The summed E-state index contributed by atoms with van der Waals surface area (Å²) >= 11 is 1.65. The second-order valence-electron chi connectivity index (χ2n) is 3.48. The molecule has 0 saturated heterocycles. The van der Waals surface area contributed by atoms with Gasteiger partial charge in [0.25, 0.3) is 0 Å². The number of nitrogens with zero attached hydrogens (tertiary/aromatic N) is 3.